The molecule has 0 fully saturated rings. The van der Waals surface area contributed by atoms with Crippen molar-refractivity contribution in [2.75, 3.05) is 0 Å². The molecule has 98 valence electrons. The lowest BCUT2D eigenvalue weighted by Crippen LogP contribution is -1.84. The Hall–Kier alpha value is -2.34. The minimum atomic E-state index is 0.986. The summed E-state index contributed by atoms with van der Waals surface area (Å²) >= 11 is 0. The van der Waals surface area contributed by atoms with E-state index in [-0.39, 0.29) is 0 Å². The number of fused-ring (bicyclic) bond motifs is 1. The van der Waals surface area contributed by atoms with E-state index in [0.29, 0.717) is 0 Å². The maximum Gasteiger partial charge on any atom is -0.00915 e. The van der Waals surface area contributed by atoms with Crippen molar-refractivity contribution in [1.29, 1.82) is 0 Å². The first-order valence-electron chi connectivity index (χ1n) is 7.03. The summed E-state index contributed by atoms with van der Waals surface area (Å²) in [4.78, 5) is 0. The number of rotatable bonds is 3. The van der Waals surface area contributed by atoms with Crippen LogP contribution in [0.4, 0.5) is 0 Å². The lowest BCUT2D eigenvalue weighted by Gasteiger charge is -2.05. The molecule has 0 saturated heterocycles. The second-order valence-corrected chi connectivity index (χ2v) is 5.14. The predicted molar refractivity (Wildman–Crippen MR) is 87.7 cm³/mol. The minimum Gasteiger partial charge on any atom is -0.0766 e. The Kier molecular flexibility index (Phi) is 3.64. The Balaban J connectivity index is 1.86. The smallest absolute Gasteiger partial charge is 0.00915 e. The third kappa shape index (κ3) is 2.80. The Morgan fingerprint density at radius 1 is 0.800 bits per heavy atom. The molecule has 0 atom stereocenters. The van der Waals surface area contributed by atoms with Crippen molar-refractivity contribution in [2.45, 2.75) is 13.3 Å². The minimum absolute atomic E-state index is 0.986. The van der Waals surface area contributed by atoms with Crippen molar-refractivity contribution in [3.05, 3.63) is 90.0 Å². The van der Waals surface area contributed by atoms with Gasteiger partial charge in [-0.25, -0.2) is 0 Å². The molecule has 0 aliphatic heterocycles. The molecular weight excluding hydrogens is 240 g/mol. The second-order valence-electron chi connectivity index (χ2n) is 5.14. The van der Waals surface area contributed by atoms with E-state index in [1.54, 1.807) is 0 Å². The standard InChI is InChI=1S/C20H18/c1-16(11-12-17-7-3-2-4-8-17)19-14-13-18-9-5-6-10-20(18)15-19/h2-11,13-15H,12H2,1H3. The molecule has 0 aliphatic rings. The molecule has 3 rings (SSSR count). The van der Waals surface area contributed by atoms with Gasteiger partial charge < -0.3 is 0 Å². The van der Waals surface area contributed by atoms with Crippen LogP contribution >= 0.6 is 0 Å². The quantitative estimate of drug-likeness (QED) is 0.583. The van der Waals surface area contributed by atoms with Crippen LogP contribution in [-0.2, 0) is 6.42 Å². The third-order valence-electron chi connectivity index (χ3n) is 3.69. The molecule has 20 heavy (non-hydrogen) atoms. The SMILES string of the molecule is CC(=CCc1ccccc1)c1ccc2ccccc2c1. The monoisotopic (exact) mass is 258 g/mol. The number of benzene rings is 3. The fraction of sp³-hybridized carbons (Fsp3) is 0.100. The zero-order chi connectivity index (χ0) is 13.8. The van der Waals surface area contributed by atoms with E-state index in [9.17, 15) is 0 Å². The van der Waals surface area contributed by atoms with Gasteiger partial charge in [0, 0.05) is 0 Å². The van der Waals surface area contributed by atoms with E-state index in [1.165, 1.54) is 27.5 Å². The summed E-state index contributed by atoms with van der Waals surface area (Å²) in [5.41, 5.74) is 3.99. The number of hydrogen-bond donors (Lipinski definition) is 0. The molecule has 0 heteroatoms. The van der Waals surface area contributed by atoms with Gasteiger partial charge in [-0.15, -0.1) is 0 Å². The molecule has 0 spiro atoms. The van der Waals surface area contributed by atoms with E-state index < -0.39 is 0 Å². The molecule has 0 nitrogen and oxygen atoms in total. The average Bonchev–Trinajstić information content (AvgIpc) is 2.53. The lowest BCUT2D eigenvalue weighted by molar-refractivity contribution is 1.27. The second kappa shape index (κ2) is 5.75. The molecule has 0 N–H and O–H groups in total. The first-order chi connectivity index (χ1) is 9.83. The molecule has 0 saturated carbocycles. The lowest BCUT2D eigenvalue weighted by atomic mass is 10.0. The maximum absolute atomic E-state index is 2.30. The van der Waals surface area contributed by atoms with Crippen molar-refractivity contribution in [2.24, 2.45) is 0 Å². The summed E-state index contributed by atoms with van der Waals surface area (Å²) < 4.78 is 0. The molecule has 0 bridgehead atoms. The third-order valence-corrected chi connectivity index (χ3v) is 3.69. The van der Waals surface area contributed by atoms with Crippen LogP contribution < -0.4 is 0 Å². The van der Waals surface area contributed by atoms with Crippen LogP contribution in [0.1, 0.15) is 18.1 Å². The van der Waals surface area contributed by atoms with Gasteiger partial charge in [-0.2, -0.15) is 0 Å². The zero-order valence-electron chi connectivity index (χ0n) is 11.7. The molecule has 0 amide bonds. The Morgan fingerprint density at radius 2 is 1.50 bits per heavy atom. The first kappa shape index (κ1) is 12.7. The predicted octanol–water partition coefficient (Wildman–Crippen LogP) is 5.49. The highest BCUT2D eigenvalue weighted by Crippen LogP contribution is 2.21. The normalized spacial score (nSPS) is 11.8. The van der Waals surface area contributed by atoms with E-state index in [2.05, 4.69) is 85.8 Å². The summed E-state index contributed by atoms with van der Waals surface area (Å²) in [6.45, 7) is 2.19. The van der Waals surface area contributed by atoms with E-state index >= 15 is 0 Å². The van der Waals surface area contributed by atoms with Gasteiger partial charge in [0.1, 0.15) is 0 Å². The summed E-state index contributed by atoms with van der Waals surface area (Å²) in [6, 6.07) is 25.8. The van der Waals surface area contributed by atoms with Gasteiger partial charge in [0.25, 0.3) is 0 Å². The van der Waals surface area contributed by atoms with Crippen molar-refractivity contribution in [3.63, 3.8) is 0 Å². The summed E-state index contributed by atoms with van der Waals surface area (Å²) in [7, 11) is 0. The van der Waals surface area contributed by atoms with Crippen LogP contribution in [0.15, 0.2) is 78.9 Å². The molecule has 0 heterocycles. The molecule has 0 unspecified atom stereocenters. The maximum atomic E-state index is 2.30. The molecule has 0 radical (unpaired) electrons. The highest BCUT2D eigenvalue weighted by Gasteiger charge is 1.98. The van der Waals surface area contributed by atoms with Gasteiger partial charge in [0.2, 0.25) is 0 Å². The molecule has 0 aromatic heterocycles. The van der Waals surface area contributed by atoms with Crippen LogP contribution in [-0.4, -0.2) is 0 Å². The van der Waals surface area contributed by atoms with Gasteiger partial charge >= 0.3 is 0 Å². The van der Waals surface area contributed by atoms with Crippen LogP contribution in [0, 0.1) is 0 Å². The molecule has 3 aromatic carbocycles. The van der Waals surface area contributed by atoms with Crippen molar-refractivity contribution >= 4 is 16.3 Å². The van der Waals surface area contributed by atoms with Gasteiger partial charge in [-0.3, -0.25) is 0 Å². The van der Waals surface area contributed by atoms with Gasteiger partial charge in [-0.05, 0) is 46.9 Å². The topological polar surface area (TPSA) is 0 Å². The number of allylic oxidation sites excluding steroid dienone is 2. The summed E-state index contributed by atoms with van der Waals surface area (Å²) in [6.07, 6.45) is 3.29. The van der Waals surface area contributed by atoms with Crippen molar-refractivity contribution in [3.8, 4) is 0 Å². The van der Waals surface area contributed by atoms with Gasteiger partial charge in [0.15, 0.2) is 0 Å². The van der Waals surface area contributed by atoms with Crippen molar-refractivity contribution < 1.29 is 0 Å². The Bertz CT molecular complexity index is 736. The van der Waals surface area contributed by atoms with E-state index in [4.69, 9.17) is 0 Å². The van der Waals surface area contributed by atoms with Crippen LogP contribution in [0.3, 0.4) is 0 Å². The highest BCUT2D eigenvalue weighted by molar-refractivity contribution is 5.86. The van der Waals surface area contributed by atoms with Gasteiger partial charge in [0.05, 0.1) is 0 Å². The van der Waals surface area contributed by atoms with Crippen LogP contribution in [0.2, 0.25) is 0 Å². The first-order valence-corrected chi connectivity index (χ1v) is 7.03. The van der Waals surface area contributed by atoms with Crippen LogP contribution in [0.5, 0.6) is 0 Å². The van der Waals surface area contributed by atoms with E-state index in [1.807, 2.05) is 0 Å². The fourth-order valence-electron chi connectivity index (χ4n) is 2.44. The van der Waals surface area contributed by atoms with Crippen LogP contribution in [0.25, 0.3) is 16.3 Å². The zero-order valence-corrected chi connectivity index (χ0v) is 11.7. The summed E-state index contributed by atoms with van der Waals surface area (Å²) in [5, 5.41) is 2.60. The number of hydrogen-bond acceptors (Lipinski definition) is 0. The summed E-state index contributed by atoms with van der Waals surface area (Å²) in [5.74, 6) is 0. The van der Waals surface area contributed by atoms with E-state index in [0.717, 1.165) is 6.42 Å². The van der Waals surface area contributed by atoms with Gasteiger partial charge in [-0.1, -0.05) is 72.8 Å². The average molecular weight is 258 g/mol. The largest absolute Gasteiger partial charge is 0.0766 e. The highest BCUT2D eigenvalue weighted by atomic mass is 14.0. The molecule has 3 aromatic rings. The Morgan fingerprint density at radius 3 is 2.30 bits per heavy atom. The van der Waals surface area contributed by atoms with Crippen molar-refractivity contribution in [1.82, 2.24) is 0 Å². The molecule has 0 aliphatic carbocycles. The Labute approximate surface area is 120 Å². The fourth-order valence-corrected chi connectivity index (χ4v) is 2.44. The molecular formula is C20H18.